The zero-order valence-electron chi connectivity index (χ0n) is 20.7. The Morgan fingerprint density at radius 3 is 2.76 bits per heavy atom. The van der Waals surface area contributed by atoms with E-state index in [0.717, 1.165) is 10.2 Å². The van der Waals surface area contributed by atoms with E-state index in [2.05, 4.69) is 46.5 Å². The number of aromatic nitrogens is 5. The van der Waals surface area contributed by atoms with Gasteiger partial charge in [-0.15, -0.1) is 0 Å². The van der Waals surface area contributed by atoms with E-state index in [1.54, 1.807) is 36.0 Å². The van der Waals surface area contributed by atoms with Gasteiger partial charge < -0.3 is 29.8 Å². The monoisotopic (exact) mass is 600 g/mol. The highest BCUT2D eigenvalue weighted by molar-refractivity contribution is 9.10. The molecule has 0 unspecified atom stereocenters. The Morgan fingerprint density at radius 1 is 1.24 bits per heavy atom. The molecule has 0 atom stereocenters. The number of hydrogen-bond acceptors (Lipinski definition) is 8. The van der Waals surface area contributed by atoms with E-state index in [9.17, 15) is 14.9 Å². The first-order chi connectivity index (χ1) is 18.0. The number of carbonyl (C=O) groups is 1. The standard InChI is InChI=1S/C24H23BrClN9O3/c1-33-14-30-24(34(37)38)20(33)12-35(2,3)8-4-5-22(36)32-21-10-16-19(11-27-21)28-13-29-23(16)31-15-6-7-17(25)18(26)9-15/h4-7,9-11,13-14H,8,12H2,1-3H3,(H-,27,28,29,31,32,36)/p+1. The summed E-state index contributed by atoms with van der Waals surface area (Å²) in [7, 11) is 5.54. The SMILES string of the molecule is Cn1cnc([N+](=O)[O-])c1C[N+](C)(C)CC=CC(=O)Nc1cc2c(Nc3ccc(Br)c(Cl)c3)ncnc2cn1. The summed E-state index contributed by atoms with van der Waals surface area (Å²) in [4.78, 5) is 40.0. The van der Waals surface area contributed by atoms with E-state index < -0.39 is 4.92 Å². The summed E-state index contributed by atoms with van der Waals surface area (Å²) < 4.78 is 2.79. The van der Waals surface area contributed by atoms with Crippen molar-refractivity contribution >= 4 is 67.5 Å². The molecule has 0 fully saturated rings. The molecule has 0 saturated heterocycles. The number of rotatable bonds is 9. The van der Waals surface area contributed by atoms with Crippen molar-refractivity contribution < 1.29 is 14.2 Å². The number of anilines is 3. The van der Waals surface area contributed by atoms with E-state index in [-0.39, 0.29) is 11.7 Å². The smallest absolute Gasteiger partial charge is 0.358 e. The first kappa shape index (κ1) is 27.1. The molecule has 1 aromatic carbocycles. The Kier molecular flexibility index (Phi) is 7.99. The number of amides is 1. The molecule has 0 saturated carbocycles. The van der Waals surface area contributed by atoms with Gasteiger partial charge in [-0.05, 0) is 56.2 Å². The van der Waals surface area contributed by atoms with Gasteiger partial charge in [0.1, 0.15) is 24.5 Å². The fraction of sp³-hybridized carbons (Fsp3) is 0.208. The summed E-state index contributed by atoms with van der Waals surface area (Å²) in [6.07, 6.45) is 7.53. The number of halogens is 2. The summed E-state index contributed by atoms with van der Waals surface area (Å²) >= 11 is 9.57. The normalized spacial score (nSPS) is 11.7. The average molecular weight is 602 g/mol. The number of quaternary nitrogens is 1. The summed E-state index contributed by atoms with van der Waals surface area (Å²) in [6, 6.07) is 7.13. The van der Waals surface area contributed by atoms with Crippen molar-refractivity contribution in [3.63, 3.8) is 0 Å². The lowest BCUT2D eigenvalue weighted by Crippen LogP contribution is -2.39. The molecule has 4 rings (SSSR count). The zero-order chi connectivity index (χ0) is 27.4. The van der Waals surface area contributed by atoms with Crippen molar-refractivity contribution in [2.45, 2.75) is 6.54 Å². The van der Waals surface area contributed by atoms with E-state index in [1.165, 1.54) is 18.7 Å². The molecule has 0 bridgehead atoms. The Labute approximate surface area is 231 Å². The average Bonchev–Trinajstić information content (AvgIpc) is 3.21. The second kappa shape index (κ2) is 11.2. The van der Waals surface area contributed by atoms with Crippen LogP contribution < -0.4 is 10.6 Å². The maximum Gasteiger partial charge on any atom is 0.390 e. The van der Waals surface area contributed by atoms with Crippen molar-refractivity contribution in [3.05, 3.63) is 80.6 Å². The van der Waals surface area contributed by atoms with Crippen LogP contribution in [0.2, 0.25) is 5.02 Å². The maximum atomic E-state index is 12.6. The van der Waals surface area contributed by atoms with E-state index >= 15 is 0 Å². The van der Waals surface area contributed by atoms with Gasteiger partial charge in [-0.25, -0.2) is 15.0 Å². The van der Waals surface area contributed by atoms with Crippen molar-refractivity contribution in [2.24, 2.45) is 7.05 Å². The van der Waals surface area contributed by atoms with Gasteiger partial charge in [0.15, 0.2) is 5.69 Å². The molecule has 196 valence electrons. The Balaban J connectivity index is 1.44. The van der Waals surface area contributed by atoms with Crippen LogP contribution in [0.3, 0.4) is 0 Å². The molecule has 2 N–H and O–H groups in total. The number of imidazole rings is 1. The van der Waals surface area contributed by atoms with Gasteiger partial charge in [0.25, 0.3) is 0 Å². The first-order valence-electron chi connectivity index (χ1n) is 11.3. The highest BCUT2D eigenvalue weighted by atomic mass is 79.9. The van der Waals surface area contributed by atoms with Gasteiger partial charge in [-0.3, -0.25) is 4.79 Å². The maximum absolute atomic E-state index is 12.6. The van der Waals surface area contributed by atoms with Crippen molar-refractivity contribution in [1.29, 1.82) is 0 Å². The summed E-state index contributed by atoms with van der Waals surface area (Å²) in [5.74, 6) is 0.335. The van der Waals surface area contributed by atoms with Gasteiger partial charge in [0.2, 0.25) is 12.2 Å². The van der Waals surface area contributed by atoms with Crippen molar-refractivity contribution in [2.75, 3.05) is 31.3 Å². The van der Waals surface area contributed by atoms with Crippen LogP contribution in [0.1, 0.15) is 5.69 Å². The number of benzene rings is 1. The molecule has 0 aliphatic carbocycles. The lowest BCUT2D eigenvalue weighted by atomic mass is 10.2. The van der Waals surface area contributed by atoms with Crippen LogP contribution in [0.4, 0.5) is 23.1 Å². The minimum Gasteiger partial charge on any atom is -0.358 e. The molecule has 38 heavy (non-hydrogen) atoms. The summed E-state index contributed by atoms with van der Waals surface area (Å²) in [5.41, 5.74) is 1.85. The quantitative estimate of drug-likeness (QED) is 0.123. The van der Waals surface area contributed by atoms with Crippen LogP contribution in [0.15, 0.2) is 59.7 Å². The highest BCUT2D eigenvalue weighted by Gasteiger charge is 2.26. The lowest BCUT2D eigenvalue weighted by Gasteiger charge is -2.27. The van der Waals surface area contributed by atoms with Gasteiger partial charge in [0.05, 0.1) is 37.4 Å². The van der Waals surface area contributed by atoms with Gasteiger partial charge in [-0.1, -0.05) is 11.6 Å². The Morgan fingerprint density at radius 2 is 2.03 bits per heavy atom. The summed E-state index contributed by atoms with van der Waals surface area (Å²) in [5, 5.41) is 18.4. The topological polar surface area (TPSA) is 141 Å². The molecule has 0 aliphatic rings. The second-order valence-electron chi connectivity index (χ2n) is 9.11. The molecule has 12 nitrogen and oxygen atoms in total. The molecular formula is C24H24BrClN9O3+. The summed E-state index contributed by atoms with van der Waals surface area (Å²) in [6.45, 7) is 0.822. The molecule has 4 aromatic rings. The predicted octanol–water partition coefficient (Wildman–Crippen LogP) is 4.60. The second-order valence-corrected chi connectivity index (χ2v) is 10.4. The molecule has 3 heterocycles. The number of nitrogens with one attached hydrogen (secondary N) is 2. The number of hydrogen-bond donors (Lipinski definition) is 2. The Bertz CT molecular complexity index is 1550. The third-order valence-corrected chi connectivity index (χ3v) is 6.84. The number of nitrogens with zero attached hydrogens (tertiary/aromatic N) is 7. The molecule has 0 spiro atoms. The van der Waals surface area contributed by atoms with Gasteiger partial charge >= 0.3 is 5.82 Å². The van der Waals surface area contributed by atoms with Crippen LogP contribution in [0.5, 0.6) is 0 Å². The number of fused-ring (bicyclic) bond motifs is 1. The van der Waals surface area contributed by atoms with E-state index in [1.807, 2.05) is 26.2 Å². The Hall–Kier alpha value is -3.94. The highest BCUT2D eigenvalue weighted by Crippen LogP contribution is 2.29. The largest absolute Gasteiger partial charge is 0.390 e. The number of aryl methyl sites for hydroxylation is 1. The third kappa shape index (κ3) is 6.49. The molecule has 0 aliphatic heterocycles. The molecule has 14 heteroatoms. The number of carbonyl (C=O) groups excluding carboxylic acids is 1. The fourth-order valence-electron chi connectivity index (χ4n) is 3.70. The number of pyridine rings is 1. The van der Waals surface area contributed by atoms with Crippen LogP contribution >= 0.6 is 27.5 Å². The molecule has 1 amide bonds. The van der Waals surface area contributed by atoms with E-state index in [4.69, 9.17) is 11.6 Å². The molecular weight excluding hydrogens is 578 g/mol. The van der Waals surface area contributed by atoms with Crippen LogP contribution in [0, 0.1) is 10.1 Å². The van der Waals surface area contributed by atoms with Gasteiger partial charge in [-0.2, -0.15) is 0 Å². The lowest BCUT2D eigenvalue weighted by molar-refractivity contribution is -0.898. The minimum absolute atomic E-state index is 0.163. The molecule has 0 radical (unpaired) electrons. The van der Waals surface area contributed by atoms with Crippen LogP contribution in [-0.4, -0.2) is 60.5 Å². The van der Waals surface area contributed by atoms with Crippen LogP contribution in [0.25, 0.3) is 10.9 Å². The van der Waals surface area contributed by atoms with E-state index in [0.29, 0.717) is 50.8 Å². The van der Waals surface area contributed by atoms with Crippen molar-refractivity contribution in [3.8, 4) is 0 Å². The fourth-order valence-corrected chi connectivity index (χ4v) is 4.13. The van der Waals surface area contributed by atoms with Crippen molar-refractivity contribution in [1.82, 2.24) is 24.5 Å². The molecule has 3 aromatic heterocycles. The van der Waals surface area contributed by atoms with Crippen LogP contribution in [-0.2, 0) is 18.4 Å². The number of nitro groups is 1. The third-order valence-electron chi connectivity index (χ3n) is 5.61. The number of likely N-dealkylation sites (N-methyl/N-ethyl adjacent to an activating group) is 1. The zero-order valence-corrected chi connectivity index (χ0v) is 23.1. The van der Waals surface area contributed by atoms with Gasteiger partial charge in [0, 0.05) is 28.7 Å². The predicted molar refractivity (Wildman–Crippen MR) is 148 cm³/mol. The first-order valence-corrected chi connectivity index (χ1v) is 12.5. The minimum atomic E-state index is -0.491.